The fraction of sp³-hybridized carbons (Fsp3) is 0.250. The maximum atomic E-state index is 10.9. The minimum Gasteiger partial charge on any atom is -0.384 e. The van der Waals surface area contributed by atoms with Gasteiger partial charge in [0.05, 0.1) is 4.92 Å². The molecule has 0 saturated heterocycles. The fourth-order valence-corrected chi connectivity index (χ4v) is 2.24. The van der Waals surface area contributed by atoms with Crippen molar-refractivity contribution in [2.75, 3.05) is 11.9 Å². The summed E-state index contributed by atoms with van der Waals surface area (Å²) in [4.78, 5) is 10.5. The zero-order valence-electron chi connectivity index (χ0n) is 11.7. The number of anilines is 1. The van der Waals surface area contributed by atoms with Gasteiger partial charge in [-0.25, -0.2) is 0 Å². The Morgan fingerprint density at radius 2 is 1.85 bits per heavy atom. The third-order valence-corrected chi connectivity index (χ3v) is 3.47. The van der Waals surface area contributed by atoms with E-state index in [1.807, 2.05) is 18.2 Å². The second kappa shape index (κ2) is 6.19. The SMILES string of the molecule is Cc1ccccc1CCNc1cccc([N+](=O)[O-])c1C. The first-order valence-corrected chi connectivity index (χ1v) is 6.62. The Kier molecular flexibility index (Phi) is 4.35. The second-order valence-corrected chi connectivity index (χ2v) is 4.81. The lowest BCUT2D eigenvalue weighted by atomic mass is 10.1. The van der Waals surface area contributed by atoms with Crippen molar-refractivity contribution < 1.29 is 4.92 Å². The summed E-state index contributed by atoms with van der Waals surface area (Å²) in [5.74, 6) is 0. The van der Waals surface area contributed by atoms with Crippen molar-refractivity contribution in [1.29, 1.82) is 0 Å². The van der Waals surface area contributed by atoms with Gasteiger partial charge in [0.15, 0.2) is 0 Å². The summed E-state index contributed by atoms with van der Waals surface area (Å²) in [6.45, 7) is 4.62. The van der Waals surface area contributed by atoms with Gasteiger partial charge in [-0.3, -0.25) is 10.1 Å². The van der Waals surface area contributed by atoms with Gasteiger partial charge in [0.1, 0.15) is 0 Å². The molecule has 0 bridgehead atoms. The molecule has 0 aliphatic carbocycles. The first kappa shape index (κ1) is 14.1. The van der Waals surface area contributed by atoms with E-state index in [9.17, 15) is 10.1 Å². The van der Waals surface area contributed by atoms with Crippen molar-refractivity contribution in [2.24, 2.45) is 0 Å². The van der Waals surface area contributed by atoms with Crippen LogP contribution in [0, 0.1) is 24.0 Å². The van der Waals surface area contributed by atoms with Crippen LogP contribution in [-0.2, 0) is 6.42 Å². The normalized spacial score (nSPS) is 10.3. The lowest BCUT2D eigenvalue weighted by Gasteiger charge is -2.10. The molecule has 0 atom stereocenters. The van der Waals surface area contributed by atoms with Crippen LogP contribution >= 0.6 is 0 Å². The van der Waals surface area contributed by atoms with E-state index in [4.69, 9.17) is 0 Å². The van der Waals surface area contributed by atoms with Crippen molar-refractivity contribution in [3.05, 3.63) is 69.3 Å². The maximum absolute atomic E-state index is 10.9. The number of nitrogens with zero attached hydrogens (tertiary/aromatic N) is 1. The largest absolute Gasteiger partial charge is 0.384 e. The zero-order chi connectivity index (χ0) is 14.5. The summed E-state index contributed by atoms with van der Waals surface area (Å²) >= 11 is 0. The third kappa shape index (κ3) is 3.15. The number of hydrogen-bond donors (Lipinski definition) is 1. The van der Waals surface area contributed by atoms with Crippen LogP contribution in [0.4, 0.5) is 11.4 Å². The molecule has 0 aromatic heterocycles. The minimum atomic E-state index is -0.345. The van der Waals surface area contributed by atoms with Crippen LogP contribution in [0.25, 0.3) is 0 Å². The van der Waals surface area contributed by atoms with E-state index in [2.05, 4.69) is 24.4 Å². The summed E-state index contributed by atoms with van der Waals surface area (Å²) in [5.41, 5.74) is 4.23. The number of nitro groups is 1. The number of hydrogen-bond acceptors (Lipinski definition) is 3. The molecule has 0 aliphatic heterocycles. The first-order valence-electron chi connectivity index (χ1n) is 6.62. The van der Waals surface area contributed by atoms with E-state index < -0.39 is 0 Å². The van der Waals surface area contributed by atoms with Gasteiger partial charge in [-0.2, -0.15) is 0 Å². The Morgan fingerprint density at radius 3 is 2.55 bits per heavy atom. The van der Waals surface area contributed by atoms with Crippen LogP contribution in [-0.4, -0.2) is 11.5 Å². The van der Waals surface area contributed by atoms with Crippen molar-refractivity contribution in [3.63, 3.8) is 0 Å². The Morgan fingerprint density at radius 1 is 1.10 bits per heavy atom. The molecule has 2 aromatic rings. The summed E-state index contributed by atoms with van der Waals surface area (Å²) in [6.07, 6.45) is 0.898. The zero-order valence-corrected chi connectivity index (χ0v) is 11.7. The third-order valence-electron chi connectivity index (χ3n) is 3.47. The average molecular weight is 270 g/mol. The van der Waals surface area contributed by atoms with E-state index in [0.29, 0.717) is 5.56 Å². The number of benzene rings is 2. The molecule has 0 spiro atoms. The summed E-state index contributed by atoms with van der Waals surface area (Å²) in [6, 6.07) is 13.4. The highest BCUT2D eigenvalue weighted by Gasteiger charge is 2.12. The smallest absolute Gasteiger partial charge is 0.274 e. The van der Waals surface area contributed by atoms with E-state index in [1.54, 1.807) is 13.0 Å². The monoisotopic (exact) mass is 270 g/mol. The standard InChI is InChI=1S/C16H18N2O2/c1-12-6-3-4-7-14(12)10-11-17-15-8-5-9-16(13(15)2)18(19)20/h3-9,17H,10-11H2,1-2H3. The topological polar surface area (TPSA) is 55.2 Å². The Balaban J connectivity index is 2.03. The molecule has 0 fully saturated rings. The minimum absolute atomic E-state index is 0.158. The van der Waals surface area contributed by atoms with E-state index in [-0.39, 0.29) is 10.6 Å². The molecule has 0 heterocycles. The van der Waals surface area contributed by atoms with Gasteiger partial charge in [0.25, 0.3) is 5.69 Å². The predicted molar refractivity (Wildman–Crippen MR) is 81.2 cm³/mol. The molecular weight excluding hydrogens is 252 g/mol. The second-order valence-electron chi connectivity index (χ2n) is 4.81. The van der Waals surface area contributed by atoms with Crippen LogP contribution in [0.15, 0.2) is 42.5 Å². The van der Waals surface area contributed by atoms with Crippen LogP contribution in [0.3, 0.4) is 0 Å². The maximum Gasteiger partial charge on any atom is 0.274 e. The predicted octanol–water partition coefficient (Wildman–Crippen LogP) is 3.87. The highest BCUT2D eigenvalue weighted by Crippen LogP contribution is 2.24. The number of rotatable bonds is 5. The lowest BCUT2D eigenvalue weighted by molar-refractivity contribution is -0.385. The number of aryl methyl sites for hydroxylation is 1. The van der Waals surface area contributed by atoms with Crippen molar-refractivity contribution >= 4 is 11.4 Å². The summed E-state index contributed by atoms with van der Waals surface area (Å²) in [5, 5.41) is 14.2. The van der Waals surface area contributed by atoms with Gasteiger partial charge < -0.3 is 5.32 Å². The van der Waals surface area contributed by atoms with Crippen LogP contribution < -0.4 is 5.32 Å². The molecule has 0 saturated carbocycles. The van der Waals surface area contributed by atoms with Gasteiger partial charge in [-0.05, 0) is 37.5 Å². The molecule has 0 unspecified atom stereocenters. The van der Waals surface area contributed by atoms with Crippen LogP contribution in [0.5, 0.6) is 0 Å². The molecule has 4 heteroatoms. The Bertz CT molecular complexity index is 624. The van der Waals surface area contributed by atoms with Crippen LogP contribution in [0.2, 0.25) is 0 Å². The fourth-order valence-electron chi connectivity index (χ4n) is 2.24. The average Bonchev–Trinajstić information content (AvgIpc) is 2.42. The first-order chi connectivity index (χ1) is 9.59. The molecule has 2 rings (SSSR count). The molecule has 4 nitrogen and oxygen atoms in total. The van der Waals surface area contributed by atoms with E-state index in [0.717, 1.165) is 18.7 Å². The molecule has 20 heavy (non-hydrogen) atoms. The van der Waals surface area contributed by atoms with Gasteiger partial charge in [0, 0.05) is 23.9 Å². The molecule has 0 amide bonds. The van der Waals surface area contributed by atoms with Crippen molar-refractivity contribution in [3.8, 4) is 0 Å². The Hall–Kier alpha value is -2.36. The van der Waals surface area contributed by atoms with Gasteiger partial charge >= 0.3 is 0 Å². The number of nitrogens with one attached hydrogen (secondary N) is 1. The Labute approximate surface area is 118 Å². The van der Waals surface area contributed by atoms with Gasteiger partial charge in [0.2, 0.25) is 0 Å². The summed E-state index contributed by atoms with van der Waals surface area (Å²) in [7, 11) is 0. The highest BCUT2D eigenvalue weighted by atomic mass is 16.6. The van der Waals surface area contributed by atoms with Crippen molar-refractivity contribution in [2.45, 2.75) is 20.3 Å². The molecule has 104 valence electrons. The molecule has 1 N–H and O–H groups in total. The van der Waals surface area contributed by atoms with Gasteiger partial charge in [-0.15, -0.1) is 0 Å². The van der Waals surface area contributed by atoms with Crippen molar-refractivity contribution in [1.82, 2.24) is 0 Å². The van der Waals surface area contributed by atoms with Gasteiger partial charge in [-0.1, -0.05) is 30.3 Å². The molecular formula is C16H18N2O2. The quantitative estimate of drug-likeness (QED) is 0.663. The molecule has 2 aromatic carbocycles. The summed E-state index contributed by atoms with van der Waals surface area (Å²) < 4.78 is 0. The lowest BCUT2D eigenvalue weighted by Crippen LogP contribution is -2.07. The molecule has 0 aliphatic rings. The van der Waals surface area contributed by atoms with Crippen LogP contribution in [0.1, 0.15) is 16.7 Å². The van der Waals surface area contributed by atoms with E-state index >= 15 is 0 Å². The number of nitro benzene ring substituents is 1. The van der Waals surface area contributed by atoms with E-state index in [1.165, 1.54) is 17.2 Å². The molecule has 0 radical (unpaired) electrons. The highest BCUT2D eigenvalue weighted by molar-refractivity contribution is 5.59.